The Morgan fingerprint density at radius 1 is 0.826 bits per heavy atom. The van der Waals surface area contributed by atoms with Crippen LogP contribution >= 0.6 is 0 Å². The minimum atomic E-state index is -0.704. The summed E-state index contributed by atoms with van der Waals surface area (Å²) in [7, 11) is 1.35. The first-order valence-corrected chi connectivity index (χ1v) is 15.8. The standard InChI is InChI=1S/C39H44N2O5/c1-28(2)24-37(42)41(27-31-13-10-12-29(3)25-31)22-11-23-46-33-20-18-30(19-21-33)26-36(39(44)45-4)40-35-17-9-8-16-34(35)38(43)32-14-6-5-7-15-32/h5-10,12-21,25,28,36,40H,11,22-24,26-27H2,1-4H3. The number of ether oxygens (including phenoxy) is 2. The Balaban J connectivity index is 1.35. The fourth-order valence-electron chi connectivity index (χ4n) is 5.28. The van der Waals surface area contributed by atoms with E-state index in [1.54, 1.807) is 30.3 Å². The van der Waals surface area contributed by atoms with E-state index in [1.807, 2.05) is 59.5 Å². The van der Waals surface area contributed by atoms with Gasteiger partial charge in [-0.1, -0.05) is 98.3 Å². The van der Waals surface area contributed by atoms with Gasteiger partial charge in [0, 0.05) is 42.7 Å². The van der Waals surface area contributed by atoms with Gasteiger partial charge < -0.3 is 19.7 Å². The Morgan fingerprint density at radius 3 is 2.24 bits per heavy atom. The van der Waals surface area contributed by atoms with Gasteiger partial charge in [-0.15, -0.1) is 0 Å². The molecule has 7 nitrogen and oxygen atoms in total. The number of nitrogens with one attached hydrogen (secondary N) is 1. The molecule has 0 bridgehead atoms. The van der Waals surface area contributed by atoms with E-state index in [1.165, 1.54) is 12.7 Å². The van der Waals surface area contributed by atoms with E-state index in [-0.39, 0.29) is 11.7 Å². The molecular weight excluding hydrogens is 576 g/mol. The number of ketones is 1. The molecule has 4 aromatic carbocycles. The van der Waals surface area contributed by atoms with Crippen LogP contribution in [0.25, 0.3) is 0 Å². The van der Waals surface area contributed by atoms with Gasteiger partial charge in [-0.3, -0.25) is 9.59 Å². The first-order valence-electron chi connectivity index (χ1n) is 15.8. The van der Waals surface area contributed by atoms with E-state index in [0.29, 0.717) is 67.4 Å². The van der Waals surface area contributed by atoms with Crippen molar-refractivity contribution in [3.63, 3.8) is 0 Å². The van der Waals surface area contributed by atoms with Crippen LogP contribution in [-0.4, -0.2) is 48.9 Å². The number of carbonyl (C=O) groups excluding carboxylic acids is 3. The van der Waals surface area contributed by atoms with Crippen LogP contribution in [0.3, 0.4) is 0 Å². The molecular formula is C39H44N2O5. The third kappa shape index (κ3) is 10.1. The van der Waals surface area contributed by atoms with Gasteiger partial charge in [0.1, 0.15) is 11.8 Å². The molecule has 0 heterocycles. The highest BCUT2D eigenvalue weighted by Crippen LogP contribution is 2.22. The van der Waals surface area contributed by atoms with Crippen molar-refractivity contribution in [2.45, 2.75) is 52.6 Å². The number of hydrogen-bond donors (Lipinski definition) is 1. The van der Waals surface area contributed by atoms with E-state index in [4.69, 9.17) is 9.47 Å². The highest BCUT2D eigenvalue weighted by atomic mass is 16.5. The van der Waals surface area contributed by atoms with Crippen molar-refractivity contribution >= 4 is 23.3 Å². The molecule has 0 saturated carbocycles. The third-order valence-electron chi connectivity index (χ3n) is 7.62. The molecule has 0 aliphatic carbocycles. The van der Waals surface area contributed by atoms with E-state index in [9.17, 15) is 14.4 Å². The number of esters is 1. The van der Waals surface area contributed by atoms with Gasteiger partial charge in [-0.05, 0) is 54.7 Å². The Morgan fingerprint density at radius 2 is 1.54 bits per heavy atom. The molecule has 0 aromatic heterocycles. The minimum Gasteiger partial charge on any atom is -0.494 e. The summed E-state index contributed by atoms with van der Waals surface area (Å²) in [4.78, 5) is 40.9. The number of carbonyl (C=O) groups is 3. The zero-order valence-electron chi connectivity index (χ0n) is 27.2. The van der Waals surface area contributed by atoms with Crippen LogP contribution in [0.2, 0.25) is 0 Å². The van der Waals surface area contributed by atoms with E-state index in [0.717, 1.165) is 11.1 Å². The third-order valence-corrected chi connectivity index (χ3v) is 7.62. The quantitative estimate of drug-likeness (QED) is 0.0806. The van der Waals surface area contributed by atoms with E-state index in [2.05, 4.69) is 44.3 Å². The Hall–Kier alpha value is -4.91. The van der Waals surface area contributed by atoms with Crippen molar-refractivity contribution in [2.75, 3.05) is 25.6 Å². The van der Waals surface area contributed by atoms with Gasteiger partial charge in [-0.2, -0.15) is 0 Å². The van der Waals surface area contributed by atoms with Crippen LogP contribution in [0.5, 0.6) is 5.75 Å². The predicted octanol–water partition coefficient (Wildman–Crippen LogP) is 7.27. The van der Waals surface area contributed by atoms with Crippen LogP contribution in [-0.2, 0) is 27.3 Å². The molecule has 0 spiro atoms. The molecule has 0 saturated heterocycles. The zero-order valence-corrected chi connectivity index (χ0v) is 27.2. The van der Waals surface area contributed by atoms with Crippen LogP contribution < -0.4 is 10.1 Å². The molecule has 4 aromatic rings. The maximum atomic E-state index is 13.2. The fourth-order valence-corrected chi connectivity index (χ4v) is 5.28. The summed E-state index contributed by atoms with van der Waals surface area (Å²) in [6, 6.07) is 31.4. The summed E-state index contributed by atoms with van der Waals surface area (Å²) < 4.78 is 11.1. The van der Waals surface area contributed by atoms with Crippen molar-refractivity contribution in [2.24, 2.45) is 5.92 Å². The second kappa shape index (κ2) is 17.0. The van der Waals surface area contributed by atoms with Crippen molar-refractivity contribution in [1.29, 1.82) is 0 Å². The first-order chi connectivity index (χ1) is 22.2. The zero-order chi connectivity index (χ0) is 32.9. The number of methoxy groups -OCH3 is 1. The fraction of sp³-hybridized carbons (Fsp3) is 0.308. The Kier molecular flexibility index (Phi) is 12.5. The van der Waals surface area contributed by atoms with Crippen molar-refractivity contribution in [3.05, 3.63) is 131 Å². The van der Waals surface area contributed by atoms with Crippen LogP contribution in [0, 0.1) is 12.8 Å². The molecule has 0 aliphatic rings. The molecule has 7 heteroatoms. The smallest absolute Gasteiger partial charge is 0.328 e. The molecule has 4 rings (SSSR count). The van der Waals surface area contributed by atoms with Crippen molar-refractivity contribution < 1.29 is 23.9 Å². The van der Waals surface area contributed by atoms with Crippen molar-refractivity contribution in [3.8, 4) is 5.75 Å². The average molecular weight is 621 g/mol. The van der Waals surface area contributed by atoms with Crippen LogP contribution in [0.4, 0.5) is 5.69 Å². The average Bonchev–Trinajstić information content (AvgIpc) is 3.06. The molecule has 240 valence electrons. The summed E-state index contributed by atoms with van der Waals surface area (Å²) in [5.41, 5.74) is 4.83. The maximum Gasteiger partial charge on any atom is 0.328 e. The number of hydrogen-bond acceptors (Lipinski definition) is 6. The number of aryl methyl sites for hydroxylation is 1. The Bertz CT molecular complexity index is 1580. The van der Waals surface area contributed by atoms with Gasteiger partial charge >= 0.3 is 5.97 Å². The van der Waals surface area contributed by atoms with E-state index < -0.39 is 12.0 Å². The SMILES string of the molecule is COC(=O)C(Cc1ccc(OCCCN(Cc2cccc(C)c2)C(=O)CC(C)C)cc1)Nc1ccccc1C(=O)c1ccccc1. The van der Waals surface area contributed by atoms with E-state index >= 15 is 0 Å². The number of benzene rings is 4. The molecule has 0 radical (unpaired) electrons. The summed E-state index contributed by atoms with van der Waals surface area (Å²) in [6.07, 6.45) is 1.57. The summed E-state index contributed by atoms with van der Waals surface area (Å²) in [5.74, 6) is 0.606. The molecule has 1 amide bonds. The predicted molar refractivity (Wildman–Crippen MR) is 182 cm³/mol. The summed E-state index contributed by atoms with van der Waals surface area (Å²) in [5, 5.41) is 3.25. The Labute approximate surface area is 272 Å². The lowest BCUT2D eigenvalue weighted by molar-refractivity contribution is -0.141. The lowest BCUT2D eigenvalue weighted by Gasteiger charge is -2.24. The number of para-hydroxylation sites is 1. The van der Waals surface area contributed by atoms with Gasteiger partial charge in [0.25, 0.3) is 0 Å². The molecule has 0 aliphatic heterocycles. The number of anilines is 1. The van der Waals surface area contributed by atoms with Gasteiger partial charge in [-0.25, -0.2) is 4.79 Å². The van der Waals surface area contributed by atoms with Gasteiger partial charge in [0.2, 0.25) is 5.91 Å². The van der Waals surface area contributed by atoms with Gasteiger partial charge in [0.05, 0.1) is 13.7 Å². The number of amides is 1. The summed E-state index contributed by atoms with van der Waals surface area (Å²) >= 11 is 0. The number of rotatable bonds is 16. The second-order valence-corrected chi connectivity index (χ2v) is 11.9. The molecule has 0 fully saturated rings. The van der Waals surface area contributed by atoms with Crippen molar-refractivity contribution in [1.82, 2.24) is 4.90 Å². The lowest BCUT2D eigenvalue weighted by Crippen LogP contribution is -2.33. The monoisotopic (exact) mass is 620 g/mol. The van der Waals surface area contributed by atoms with Crippen LogP contribution in [0.15, 0.2) is 103 Å². The highest BCUT2D eigenvalue weighted by Gasteiger charge is 2.23. The molecule has 1 atom stereocenters. The second-order valence-electron chi connectivity index (χ2n) is 11.9. The molecule has 46 heavy (non-hydrogen) atoms. The lowest BCUT2D eigenvalue weighted by atomic mass is 10.00. The van der Waals surface area contributed by atoms with Crippen LogP contribution in [0.1, 0.15) is 59.3 Å². The summed E-state index contributed by atoms with van der Waals surface area (Å²) in [6.45, 7) is 7.84. The van der Waals surface area contributed by atoms with Gasteiger partial charge in [0.15, 0.2) is 5.78 Å². The maximum absolute atomic E-state index is 13.2. The topological polar surface area (TPSA) is 84.9 Å². The minimum absolute atomic E-state index is 0.128. The number of nitrogens with zero attached hydrogens (tertiary/aromatic N) is 1. The normalized spacial score (nSPS) is 11.5. The largest absolute Gasteiger partial charge is 0.494 e. The first kappa shape index (κ1) is 34.0. The molecule has 1 unspecified atom stereocenters. The molecule has 1 N–H and O–H groups in total. The highest BCUT2D eigenvalue weighted by molar-refractivity contribution is 6.12.